The van der Waals surface area contributed by atoms with Gasteiger partial charge in [-0.15, -0.1) is 0 Å². The number of aromatic nitrogens is 7. The Morgan fingerprint density at radius 3 is 2.12 bits per heavy atom. The number of nitrogens with one attached hydrogen (secondary N) is 8. The maximum atomic E-state index is 13.7. The SMILES string of the molecule is C.CO[C@]1(C)C[C@@H](C[C@H]2CC[C@H](C)C([C@@H](C)C(=O)NCCSC)O2)O[C@]2(O[C@@](C)(C3CC[C@@](C)([C@@H]4O[C@@H]([C@@H]5O[C@@](O)(CO)[C@H](C)C[C@@H]5C)C[C@@H]4C)O3)C[C@H]2C)[C@@H]1C.CSC[C@H](NC(=O)C(CCCNC(=O)CCSSCCNC(=O)CCC(=O)N1Cc2ccccc2-c2n[nH]nc2-c2ccccc21)CC(=O)CC[C@H](NC(=O)c1ccc(NCc2cnc3nc(N)[nH]c(=O)c3n2)cc1)C(=O)O)C(=O)O. The van der Waals surface area contributed by atoms with Crippen molar-refractivity contribution in [2.45, 2.75) is 282 Å². The van der Waals surface area contributed by atoms with Gasteiger partial charge in [-0.25, -0.2) is 19.6 Å². The number of hydrogen-bond donors (Lipinski definition) is 13. The van der Waals surface area contributed by atoms with Crippen molar-refractivity contribution in [2.75, 3.05) is 84.8 Å². The summed E-state index contributed by atoms with van der Waals surface area (Å²) in [6.07, 6.45) is 11.2. The number of para-hydroxylation sites is 1. The molecule has 1 spiro atoms. The molecule has 22 atom stereocenters. The molecule has 6 aromatic rings. The van der Waals surface area contributed by atoms with Gasteiger partial charge in [-0.05, 0) is 151 Å². The van der Waals surface area contributed by atoms with Gasteiger partial charge in [0.1, 0.15) is 29.3 Å². The van der Waals surface area contributed by atoms with E-state index < -0.39 is 88.1 Å². The van der Waals surface area contributed by atoms with Crippen LogP contribution < -0.4 is 48.1 Å². The smallest absolute Gasteiger partial charge is 0.327 e. The van der Waals surface area contributed by atoms with Gasteiger partial charge in [-0.2, -0.15) is 43.9 Å². The molecule has 0 saturated carbocycles. The van der Waals surface area contributed by atoms with E-state index in [0.29, 0.717) is 65.5 Å². The molecule has 7 aliphatic heterocycles. The van der Waals surface area contributed by atoms with E-state index in [-0.39, 0.29) is 202 Å². The summed E-state index contributed by atoms with van der Waals surface area (Å²) in [5.74, 6) is -6.29. The van der Waals surface area contributed by atoms with Crippen LogP contribution in [-0.2, 0) is 84.6 Å². The summed E-state index contributed by atoms with van der Waals surface area (Å²) in [6.45, 7) is 22.8. The van der Waals surface area contributed by atoms with Crippen LogP contribution in [0.2, 0.25) is 0 Å². The number of aliphatic carboxylic acids is 2. The van der Waals surface area contributed by atoms with Crippen molar-refractivity contribution in [1.29, 1.82) is 0 Å². The number of nitrogen functional groups attached to an aromatic ring is 1. The molecule has 0 aliphatic carbocycles. The van der Waals surface area contributed by atoms with Gasteiger partial charge in [0, 0.05) is 141 Å². The van der Waals surface area contributed by atoms with Gasteiger partial charge in [0.05, 0.1) is 103 Å². The van der Waals surface area contributed by atoms with Crippen LogP contribution in [0.3, 0.4) is 0 Å². The molecule has 0 radical (unpaired) electrons. The first-order valence-electron chi connectivity index (χ1n) is 47.6. The minimum Gasteiger partial charge on any atom is -0.480 e. The Bertz CT molecular complexity index is 5240. The average Bonchev–Trinajstić information content (AvgIpc) is 1.55. The lowest BCUT2D eigenvalue weighted by atomic mass is 9.72. The molecule has 36 nitrogen and oxygen atoms in total. The molecule has 3 unspecified atom stereocenters. The molecule has 40 heteroatoms. The maximum absolute atomic E-state index is 13.7. The van der Waals surface area contributed by atoms with E-state index in [9.17, 15) is 68.4 Å². The van der Waals surface area contributed by atoms with Crippen molar-refractivity contribution in [1.82, 2.24) is 61.9 Å². The number of carboxylic acids is 2. The second kappa shape index (κ2) is 49.2. The van der Waals surface area contributed by atoms with Crippen molar-refractivity contribution in [3.63, 3.8) is 0 Å². The third-order valence-electron chi connectivity index (χ3n) is 28.4. The number of H-pyrrole nitrogens is 2. The number of carboxylic acid groups (broad SMARTS) is 2. The molecular weight excluding hydrogens is 1850 g/mol. The highest BCUT2D eigenvalue weighted by atomic mass is 33.1. The summed E-state index contributed by atoms with van der Waals surface area (Å²) in [7, 11) is 4.74. The molecule has 6 saturated heterocycles. The zero-order valence-electron chi connectivity index (χ0n) is 80.5. The molecule has 0 bridgehead atoms. The van der Waals surface area contributed by atoms with Crippen molar-refractivity contribution >= 4 is 127 Å². The quantitative estimate of drug-likeness (QED) is 0.0125. The van der Waals surface area contributed by atoms with Crippen LogP contribution in [-0.4, -0.2) is 261 Å². The first-order chi connectivity index (χ1) is 65.3. The number of nitrogens with two attached hydrogens (primary N) is 1. The van der Waals surface area contributed by atoms with Crippen molar-refractivity contribution in [3.8, 4) is 22.5 Å². The number of carbonyl (C=O) groups is 9. The number of thioether (sulfide) groups is 2. The van der Waals surface area contributed by atoms with E-state index in [0.717, 1.165) is 80.2 Å². The van der Waals surface area contributed by atoms with Crippen LogP contribution in [0, 0.1) is 47.3 Å². The number of aromatic amines is 2. The van der Waals surface area contributed by atoms with Gasteiger partial charge in [0.2, 0.25) is 35.5 Å². The van der Waals surface area contributed by atoms with E-state index in [2.05, 4.69) is 129 Å². The molecule has 7 aliphatic rings. The number of amides is 6. The number of aliphatic hydroxyl groups is 2. The number of rotatable bonds is 42. The fraction of sp³-hybridized carbons (Fsp3) is 0.643. The molecule has 14 N–H and O–H groups in total. The first-order valence-corrected chi connectivity index (χ1v) is 52.9. The number of aliphatic hydroxyl groups excluding tert-OH is 1. The zero-order valence-corrected chi connectivity index (χ0v) is 83.8. The van der Waals surface area contributed by atoms with Crippen LogP contribution in [0.15, 0.2) is 83.8 Å². The van der Waals surface area contributed by atoms with Crippen molar-refractivity contribution in [3.05, 3.63) is 106 Å². The Labute approximate surface area is 823 Å². The average molecular weight is 1990 g/mol. The van der Waals surface area contributed by atoms with E-state index in [1.165, 1.54) is 51.7 Å². The van der Waals surface area contributed by atoms with E-state index in [1.54, 1.807) is 35.1 Å². The number of ketones is 1. The molecular formula is C98H141N15O21S4. The maximum Gasteiger partial charge on any atom is 0.327 e. The Balaban J connectivity index is 0.000000280. The van der Waals surface area contributed by atoms with Gasteiger partial charge >= 0.3 is 11.9 Å². The minimum absolute atomic E-state index is 0. The number of Topliss-reactive ketones (excluding diaryl/α,β-unsaturated/α-hetero) is 1. The summed E-state index contributed by atoms with van der Waals surface area (Å²) in [6, 6.07) is 18.6. The first kappa shape index (κ1) is 109. The van der Waals surface area contributed by atoms with E-state index in [1.807, 2.05) is 69.5 Å². The standard InChI is InChI=1S/C53H60N14O11S3.C44H77NO10S.CH4/c1-79-29-39(52(77)78)61-49(73)31(25-35(68)16-17-38(51(75)76)60-48(72)30-12-14-33(15-13-30)57-26-34-27-58-47-46(59-34)50(74)63-53(54)62-47)8-6-21-55-42(70)20-23-80-81-24-22-56-41(69)18-19-43(71)67-28-32-7-2-3-9-36(32)44-45(65-66-64-44)37-10-4-5-11-40(37)67;1-25-13-14-32(50-36(25)30(6)39(47)45-17-18-56-12)21-33-23-41(9,49-11)31(7)44(52-33)29(5)22-42(10,55-44)35-15-16-40(8,53-35)38-27(3)20-34(51-38)37-26(2)19-28(4)43(48,24-46)54-37;/h2-5,7,9-15,27,31,38-39,57H,6,8,16-26,28-29H2,1H3,(H,55,70)(H,56,69)(H,60,72)(H,61,73)(H,75,76)(H,77,78)(H,64,65,66)(H3,54,58,62,63,74);25-38,46,48H,13-24H2,1-12H3,(H,45,47);1H4/t31?,38-,39-;25-,26-,27-,28+,29+,30+,31+,32+,33+,34+,35?,36?,37+,38+,40-,41+,42+,43-,44+;/m00./s1. The number of hydrogen-bond acceptors (Lipinski definition) is 30. The Morgan fingerprint density at radius 2 is 1.40 bits per heavy atom. The van der Waals surface area contributed by atoms with Crippen LogP contribution in [0.5, 0.6) is 0 Å². The summed E-state index contributed by atoms with van der Waals surface area (Å²) in [4.78, 5) is 145. The van der Waals surface area contributed by atoms with Gasteiger partial charge in [0.15, 0.2) is 22.7 Å². The fourth-order valence-corrected chi connectivity index (χ4v) is 23.3. The van der Waals surface area contributed by atoms with Crippen LogP contribution in [0.1, 0.15) is 207 Å². The Hall–Kier alpha value is -8.91. The van der Waals surface area contributed by atoms with Crippen LogP contribution in [0.4, 0.5) is 17.3 Å². The number of benzene rings is 3. The van der Waals surface area contributed by atoms with Crippen molar-refractivity contribution < 1.29 is 96.7 Å². The molecule has 6 fully saturated rings. The monoisotopic (exact) mass is 1990 g/mol. The molecule has 138 heavy (non-hydrogen) atoms. The number of anilines is 3. The number of carbonyl (C=O) groups excluding carboxylic acids is 7. The van der Waals surface area contributed by atoms with Crippen molar-refractivity contribution in [2.24, 2.45) is 47.3 Å². The zero-order chi connectivity index (χ0) is 98.8. The Morgan fingerprint density at radius 1 is 0.703 bits per heavy atom. The lowest BCUT2D eigenvalue weighted by molar-refractivity contribution is -0.367. The Kier molecular flexibility index (Phi) is 39.0. The fourth-order valence-electron chi connectivity index (χ4n) is 20.6. The number of methoxy groups -OCH3 is 1. The number of fused-ring (bicyclic) bond motifs is 6. The van der Waals surface area contributed by atoms with Gasteiger partial charge in [-0.1, -0.05) is 120 Å². The highest BCUT2D eigenvalue weighted by Gasteiger charge is 2.67. The molecule has 13 rings (SSSR count). The van der Waals surface area contributed by atoms with Crippen LogP contribution in [0.25, 0.3) is 33.7 Å². The largest absolute Gasteiger partial charge is 0.480 e. The summed E-state index contributed by atoms with van der Waals surface area (Å²) in [5, 5.41) is 69.0. The summed E-state index contributed by atoms with van der Waals surface area (Å²) < 4.78 is 48.0. The second-order valence-corrected chi connectivity index (χ2v) is 43.1. The number of ether oxygens (including phenoxy) is 7. The predicted molar refractivity (Wildman–Crippen MR) is 532 cm³/mol. The second-order valence-electron chi connectivity index (χ2n) is 38.5. The molecule has 758 valence electrons. The van der Waals surface area contributed by atoms with Gasteiger partial charge in [-0.3, -0.25) is 43.3 Å². The van der Waals surface area contributed by atoms with Gasteiger partial charge < -0.3 is 96.1 Å². The molecule has 10 heterocycles. The third-order valence-corrected chi connectivity index (χ3v) is 32.1. The molecule has 3 aromatic heterocycles. The van der Waals surface area contributed by atoms with Gasteiger partial charge in [0.25, 0.3) is 11.5 Å². The lowest BCUT2D eigenvalue weighted by Gasteiger charge is -2.54. The normalized spacial score (nSPS) is 28.5. The lowest BCUT2D eigenvalue weighted by Crippen LogP contribution is -2.62. The minimum atomic E-state index is -1.55. The summed E-state index contributed by atoms with van der Waals surface area (Å²) >= 11 is 2.94. The van der Waals surface area contributed by atoms with Crippen LogP contribution >= 0.6 is 45.1 Å². The summed E-state index contributed by atoms with van der Waals surface area (Å²) in [5.41, 5.74) is 9.21. The van der Waals surface area contributed by atoms with E-state index >= 15 is 0 Å². The highest BCUT2D eigenvalue weighted by molar-refractivity contribution is 8.76. The third kappa shape index (κ3) is 26.9. The van der Waals surface area contributed by atoms with E-state index in [4.69, 9.17) is 38.9 Å². The molecule has 6 amide bonds. The molecule has 3 aromatic carbocycles. The highest BCUT2D eigenvalue weighted by Crippen LogP contribution is 2.59. The topological polar surface area (TPSA) is 514 Å². The number of nitrogens with zero attached hydrogens (tertiary/aromatic N) is 6. The predicted octanol–water partition coefficient (Wildman–Crippen LogP) is 11.1.